The fraction of sp³-hybridized carbons (Fsp3) is 0.357. The van der Waals surface area contributed by atoms with E-state index in [2.05, 4.69) is 20.8 Å². The maximum absolute atomic E-state index is 14.7. The van der Waals surface area contributed by atoms with Gasteiger partial charge in [-0.1, -0.05) is 39.0 Å². The lowest BCUT2D eigenvalue weighted by Gasteiger charge is -2.21. The Bertz CT molecular complexity index is 1190. The van der Waals surface area contributed by atoms with E-state index >= 15 is 0 Å². The molecule has 0 fully saturated rings. The van der Waals surface area contributed by atoms with Crippen LogP contribution in [-0.2, 0) is 24.2 Å². The molecule has 7 heteroatoms. The van der Waals surface area contributed by atoms with E-state index in [1.807, 2.05) is 24.3 Å². The number of methoxy groups -OCH3 is 2. The number of aryl methyl sites for hydroxylation is 1. The number of rotatable bonds is 10. The summed E-state index contributed by atoms with van der Waals surface area (Å²) in [5.41, 5.74) is 3.31. The minimum atomic E-state index is -0.874. The van der Waals surface area contributed by atoms with Crippen molar-refractivity contribution >= 4 is 5.97 Å². The maximum atomic E-state index is 14.7. The Morgan fingerprint density at radius 2 is 1.80 bits per heavy atom. The van der Waals surface area contributed by atoms with Gasteiger partial charge in [-0.3, -0.25) is 9.78 Å². The minimum Gasteiger partial charge on any atom is -0.497 e. The zero-order valence-corrected chi connectivity index (χ0v) is 20.9. The monoisotopic (exact) mass is 481 g/mol. The van der Waals surface area contributed by atoms with E-state index in [9.17, 15) is 9.18 Å². The minimum absolute atomic E-state index is 0.000173. The van der Waals surface area contributed by atoms with E-state index in [0.29, 0.717) is 46.9 Å². The van der Waals surface area contributed by atoms with Crippen LogP contribution < -0.4 is 14.2 Å². The van der Waals surface area contributed by atoms with Gasteiger partial charge >= 0.3 is 5.97 Å². The molecule has 0 atom stereocenters. The van der Waals surface area contributed by atoms with E-state index < -0.39 is 5.97 Å². The van der Waals surface area contributed by atoms with Crippen molar-refractivity contribution in [3.05, 3.63) is 71.3 Å². The van der Waals surface area contributed by atoms with Gasteiger partial charge in [-0.25, -0.2) is 4.39 Å². The number of para-hydroxylation sites is 1. The number of carboxylic acids is 1. The van der Waals surface area contributed by atoms with Gasteiger partial charge in [-0.05, 0) is 54.2 Å². The highest BCUT2D eigenvalue weighted by molar-refractivity contribution is 5.69. The van der Waals surface area contributed by atoms with Crippen molar-refractivity contribution in [2.24, 2.45) is 5.41 Å². The van der Waals surface area contributed by atoms with Crippen molar-refractivity contribution in [3.8, 4) is 28.4 Å². The predicted octanol–water partition coefficient (Wildman–Crippen LogP) is 6.09. The molecule has 0 aliphatic carbocycles. The lowest BCUT2D eigenvalue weighted by atomic mass is 9.87. The Labute approximate surface area is 205 Å². The Hall–Kier alpha value is -3.61. The molecule has 0 unspecified atom stereocenters. The van der Waals surface area contributed by atoms with Gasteiger partial charge in [0.15, 0.2) is 11.5 Å². The molecule has 3 rings (SSSR count). The van der Waals surface area contributed by atoms with Gasteiger partial charge in [0.2, 0.25) is 0 Å². The zero-order chi connectivity index (χ0) is 25.6. The summed E-state index contributed by atoms with van der Waals surface area (Å²) < 4.78 is 31.6. The van der Waals surface area contributed by atoms with Crippen LogP contribution in [0.25, 0.3) is 11.1 Å². The molecule has 3 aromatic rings. The lowest BCUT2D eigenvalue weighted by Crippen LogP contribution is -2.13. The third kappa shape index (κ3) is 6.94. The summed E-state index contributed by atoms with van der Waals surface area (Å²) in [6, 6.07) is 13.8. The molecule has 1 N–H and O–H groups in total. The number of carboxylic acid groups (broad SMARTS) is 1. The maximum Gasteiger partial charge on any atom is 0.303 e. The molecule has 0 radical (unpaired) electrons. The number of carbonyl (C=O) groups is 1. The average molecular weight is 482 g/mol. The molecule has 1 heterocycles. The first-order valence-electron chi connectivity index (χ1n) is 11.4. The SMILES string of the molecule is COc1ccc(F)c(-c2ccc(COc3cccc(CCC(=O)O)c3OC)nc2CC(C)(C)C)c1. The first-order valence-corrected chi connectivity index (χ1v) is 11.4. The summed E-state index contributed by atoms with van der Waals surface area (Å²) in [6.45, 7) is 6.50. The van der Waals surface area contributed by atoms with E-state index in [4.69, 9.17) is 24.3 Å². The number of hydrogen-bond acceptors (Lipinski definition) is 5. The van der Waals surface area contributed by atoms with Crippen molar-refractivity contribution in [2.75, 3.05) is 14.2 Å². The smallest absolute Gasteiger partial charge is 0.303 e. The number of aromatic nitrogens is 1. The topological polar surface area (TPSA) is 77.9 Å². The molecule has 0 spiro atoms. The largest absolute Gasteiger partial charge is 0.497 e. The highest BCUT2D eigenvalue weighted by Gasteiger charge is 2.20. The molecule has 1 aromatic heterocycles. The molecule has 2 aromatic carbocycles. The molecule has 0 amide bonds. The second-order valence-electron chi connectivity index (χ2n) is 9.51. The summed E-state index contributed by atoms with van der Waals surface area (Å²) in [6.07, 6.45) is 0.977. The highest BCUT2D eigenvalue weighted by Crippen LogP contribution is 2.34. The van der Waals surface area contributed by atoms with Gasteiger partial charge in [0, 0.05) is 23.2 Å². The average Bonchev–Trinajstić information content (AvgIpc) is 2.81. The predicted molar refractivity (Wildman–Crippen MR) is 133 cm³/mol. The lowest BCUT2D eigenvalue weighted by molar-refractivity contribution is -0.136. The fourth-order valence-corrected chi connectivity index (χ4v) is 3.84. The van der Waals surface area contributed by atoms with Gasteiger partial charge in [0.05, 0.1) is 19.9 Å². The first kappa shape index (κ1) is 26.0. The number of halogens is 1. The molecular weight excluding hydrogens is 449 g/mol. The fourth-order valence-electron chi connectivity index (χ4n) is 3.84. The Morgan fingerprint density at radius 3 is 2.46 bits per heavy atom. The van der Waals surface area contributed by atoms with Crippen LogP contribution in [0.2, 0.25) is 0 Å². The molecule has 0 saturated carbocycles. The van der Waals surface area contributed by atoms with Crippen LogP contribution in [0.5, 0.6) is 17.2 Å². The van der Waals surface area contributed by atoms with Crippen LogP contribution in [0.1, 0.15) is 44.1 Å². The van der Waals surface area contributed by atoms with Crippen LogP contribution >= 0.6 is 0 Å². The van der Waals surface area contributed by atoms with E-state index in [1.54, 1.807) is 25.3 Å². The molecule has 35 heavy (non-hydrogen) atoms. The summed E-state index contributed by atoms with van der Waals surface area (Å²) in [5.74, 6) is 0.387. The number of hydrogen-bond donors (Lipinski definition) is 1. The van der Waals surface area contributed by atoms with Crippen molar-refractivity contribution < 1.29 is 28.5 Å². The molecule has 186 valence electrons. The Balaban J connectivity index is 1.91. The number of pyridine rings is 1. The van der Waals surface area contributed by atoms with Crippen molar-refractivity contribution in [1.29, 1.82) is 0 Å². The standard InChI is InChI=1S/C28H32FNO5/c1-28(2,3)16-24-21(22-15-20(33-4)11-13-23(22)29)12-10-19(30-24)17-35-25-8-6-7-18(27(25)34-5)9-14-26(31)32/h6-8,10-13,15H,9,14,16-17H2,1-5H3,(H,31,32). The van der Waals surface area contributed by atoms with Gasteiger partial charge < -0.3 is 19.3 Å². The van der Waals surface area contributed by atoms with Crippen LogP contribution in [0.4, 0.5) is 4.39 Å². The van der Waals surface area contributed by atoms with Crippen molar-refractivity contribution in [2.45, 2.75) is 46.6 Å². The van der Waals surface area contributed by atoms with Crippen LogP contribution in [0.15, 0.2) is 48.5 Å². The van der Waals surface area contributed by atoms with Crippen LogP contribution in [0, 0.1) is 11.2 Å². The normalized spacial score (nSPS) is 11.3. The second-order valence-corrected chi connectivity index (χ2v) is 9.51. The van der Waals surface area contributed by atoms with Gasteiger partial charge in [-0.15, -0.1) is 0 Å². The summed E-state index contributed by atoms with van der Waals surface area (Å²) in [4.78, 5) is 15.8. The summed E-state index contributed by atoms with van der Waals surface area (Å²) in [5, 5.41) is 9.01. The van der Waals surface area contributed by atoms with E-state index in [0.717, 1.165) is 11.3 Å². The van der Waals surface area contributed by atoms with Gasteiger partial charge in [-0.2, -0.15) is 0 Å². The van der Waals surface area contributed by atoms with Gasteiger partial charge in [0.1, 0.15) is 18.2 Å². The molecular formula is C28H32FNO5. The summed E-state index contributed by atoms with van der Waals surface area (Å²) >= 11 is 0. The molecule has 0 saturated heterocycles. The molecule has 6 nitrogen and oxygen atoms in total. The van der Waals surface area contributed by atoms with Crippen LogP contribution in [0.3, 0.4) is 0 Å². The molecule has 0 aliphatic heterocycles. The quantitative estimate of drug-likeness (QED) is 0.378. The number of nitrogens with zero attached hydrogens (tertiary/aromatic N) is 1. The first-order chi connectivity index (χ1) is 16.6. The summed E-state index contributed by atoms with van der Waals surface area (Å²) in [7, 11) is 3.08. The van der Waals surface area contributed by atoms with E-state index in [-0.39, 0.29) is 24.3 Å². The molecule has 0 bridgehead atoms. The van der Waals surface area contributed by atoms with Crippen molar-refractivity contribution in [1.82, 2.24) is 4.98 Å². The third-order valence-electron chi connectivity index (χ3n) is 5.44. The second kappa shape index (κ2) is 11.2. The van der Waals surface area contributed by atoms with Crippen molar-refractivity contribution in [3.63, 3.8) is 0 Å². The highest BCUT2D eigenvalue weighted by atomic mass is 19.1. The number of ether oxygens (including phenoxy) is 3. The van der Waals surface area contributed by atoms with E-state index in [1.165, 1.54) is 13.2 Å². The van der Waals surface area contributed by atoms with Crippen LogP contribution in [-0.4, -0.2) is 30.3 Å². The molecule has 0 aliphatic rings. The number of benzene rings is 2. The van der Waals surface area contributed by atoms with Gasteiger partial charge in [0.25, 0.3) is 0 Å². The zero-order valence-electron chi connectivity index (χ0n) is 20.9. The number of aliphatic carboxylic acids is 1. The Morgan fingerprint density at radius 1 is 1.03 bits per heavy atom. The third-order valence-corrected chi connectivity index (χ3v) is 5.44. The Kier molecular flexibility index (Phi) is 8.33.